The smallest absolute Gasteiger partial charge is 0.326 e. The molecule has 0 rings (SSSR count). The monoisotopic (exact) mass is 311 g/mol. The van der Waals surface area contributed by atoms with Gasteiger partial charge in [-0.25, -0.2) is 22.7 Å². The molecule has 0 aromatic heterocycles. The number of carboxylic acids is 1. The van der Waals surface area contributed by atoms with Crippen LogP contribution >= 0.6 is 0 Å². The van der Waals surface area contributed by atoms with Crippen molar-refractivity contribution in [3.05, 3.63) is 0 Å². The predicted molar refractivity (Wildman–Crippen MR) is 71.9 cm³/mol. The number of carbonyl (C=O) groups excluding carboxylic acids is 1. The Balaban J connectivity index is 3.88. The Bertz CT molecular complexity index is 411. The average Bonchev–Trinajstić information content (AvgIpc) is 2.32. The molecule has 9 nitrogen and oxygen atoms in total. The number of carboxylic acid groups (broad SMARTS) is 1. The first-order chi connectivity index (χ1) is 9.26. The highest BCUT2D eigenvalue weighted by molar-refractivity contribution is 7.88. The first-order valence-electron chi connectivity index (χ1n) is 5.97. The Labute approximate surface area is 118 Å². The number of amides is 2. The number of carbonyl (C=O) groups is 2. The third kappa shape index (κ3) is 10.5. The van der Waals surface area contributed by atoms with E-state index in [0.29, 0.717) is 6.42 Å². The van der Waals surface area contributed by atoms with Gasteiger partial charge in [-0.1, -0.05) is 0 Å². The van der Waals surface area contributed by atoms with Gasteiger partial charge in [-0.2, -0.15) is 0 Å². The summed E-state index contributed by atoms with van der Waals surface area (Å²) in [5.74, 6) is -1.14. The first kappa shape index (κ1) is 18.6. The van der Waals surface area contributed by atoms with Gasteiger partial charge in [0, 0.05) is 33.2 Å². The van der Waals surface area contributed by atoms with Crippen LogP contribution in [0.2, 0.25) is 0 Å². The molecule has 0 aliphatic carbocycles. The van der Waals surface area contributed by atoms with E-state index in [0.717, 1.165) is 6.26 Å². The summed E-state index contributed by atoms with van der Waals surface area (Å²) in [5, 5.41) is 13.6. The highest BCUT2D eigenvalue weighted by Gasteiger charge is 2.19. The lowest BCUT2D eigenvalue weighted by Gasteiger charge is -2.14. The van der Waals surface area contributed by atoms with Crippen molar-refractivity contribution in [2.75, 3.05) is 33.1 Å². The van der Waals surface area contributed by atoms with E-state index in [1.54, 1.807) is 0 Å². The van der Waals surface area contributed by atoms with E-state index >= 15 is 0 Å². The Morgan fingerprint density at radius 3 is 2.45 bits per heavy atom. The van der Waals surface area contributed by atoms with Crippen LogP contribution < -0.4 is 15.4 Å². The van der Waals surface area contributed by atoms with Crippen molar-refractivity contribution in [1.29, 1.82) is 0 Å². The topological polar surface area (TPSA) is 134 Å². The van der Waals surface area contributed by atoms with Gasteiger partial charge in [-0.15, -0.1) is 0 Å². The number of nitrogens with one attached hydrogen (secondary N) is 3. The van der Waals surface area contributed by atoms with Crippen molar-refractivity contribution >= 4 is 22.0 Å². The number of urea groups is 1. The van der Waals surface area contributed by atoms with Gasteiger partial charge in [0.05, 0.1) is 6.26 Å². The zero-order valence-corrected chi connectivity index (χ0v) is 12.3. The van der Waals surface area contributed by atoms with Crippen molar-refractivity contribution in [3.8, 4) is 0 Å². The fourth-order valence-corrected chi connectivity index (χ4v) is 1.77. The standard InChI is InChI=1S/C10H21N3O6S/c1-19-7-4-8(9(14)15)13-10(16)11-5-3-6-12-20(2,17)18/h8,12H,3-7H2,1-2H3,(H,14,15)(H2,11,13,16). The van der Waals surface area contributed by atoms with Gasteiger partial charge in [0.25, 0.3) is 0 Å². The molecule has 0 aliphatic rings. The maximum atomic E-state index is 11.4. The average molecular weight is 311 g/mol. The Morgan fingerprint density at radius 1 is 1.30 bits per heavy atom. The summed E-state index contributed by atoms with van der Waals surface area (Å²) >= 11 is 0. The number of rotatable bonds is 10. The third-order valence-electron chi connectivity index (χ3n) is 2.22. The highest BCUT2D eigenvalue weighted by Crippen LogP contribution is 1.93. The molecule has 20 heavy (non-hydrogen) atoms. The van der Waals surface area contributed by atoms with Crippen LogP contribution in [0.3, 0.4) is 0 Å². The number of aliphatic carboxylic acids is 1. The van der Waals surface area contributed by atoms with Crippen molar-refractivity contribution < 1.29 is 27.9 Å². The normalized spacial score (nSPS) is 12.7. The van der Waals surface area contributed by atoms with Gasteiger partial charge >= 0.3 is 12.0 Å². The molecule has 2 amide bonds. The third-order valence-corrected chi connectivity index (χ3v) is 2.95. The second-order valence-corrected chi connectivity index (χ2v) is 5.93. The molecule has 0 spiro atoms. The number of hydrogen-bond donors (Lipinski definition) is 4. The van der Waals surface area contributed by atoms with Crippen LogP contribution in [0.15, 0.2) is 0 Å². The molecular weight excluding hydrogens is 290 g/mol. The Morgan fingerprint density at radius 2 is 1.95 bits per heavy atom. The molecule has 0 heterocycles. The van der Waals surface area contributed by atoms with Crippen molar-refractivity contribution in [2.24, 2.45) is 0 Å². The molecule has 0 saturated carbocycles. The second kappa shape index (κ2) is 9.50. The van der Waals surface area contributed by atoms with E-state index in [4.69, 9.17) is 9.84 Å². The summed E-state index contributed by atoms with van der Waals surface area (Å²) in [7, 11) is -1.80. The quantitative estimate of drug-likeness (QED) is 0.371. The van der Waals surface area contributed by atoms with Gasteiger partial charge in [-0.05, 0) is 6.42 Å². The van der Waals surface area contributed by atoms with Crippen LogP contribution in [-0.4, -0.2) is 64.6 Å². The van der Waals surface area contributed by atoms with Crippen LogP contribution in [0.5, 0.6) is 0 Å². The molecule has 0 saturated heterocycles. The van der Waals surface area contributed by atoms with Gasteiger partial charge in [0.1, 0.15) is 6.04 Å². The highest BCUT2D eigenvalue weighted by atomic mass is 32.2. The van der Waals surface area contributed by atoms with Crippen molar-refractivity contribution in [2.45, 2.75) is 18.9 Å². The molecule has 118 valence electrons. The van der Waals surface area contributed by atoms with E-state index < -0.39 is 28.1 Å². The Kier molecular flexibility index (Phi) is 8.84. The molecule has 10 heteroatoms. The molecule has 0 aromatic carbocycles. The van der Waals surface area contributed by atoms with Crippen LogP contribution in [-0.2, 0) is 19.6 Å². The molecule has 1 atom stereocenters. The van der Waals surface area contributed by atoms with E-state index in [1.807, 2.05) is 0 Å². The number of sulfonamides is 1. The summed E-state index contributed by atoms with van der Waals surface area (Å²) < 4.78 is 28.5. The van der Waals surface area contributed by atoms with E-state index in [9.17, 15) is 18.0 Å². The molecule has 1 unspecified atom stereocenters. The number of methoxy groups -OCH3 is 1. The minimum atomic E-state index is -3.24. The summed E-state index contributed by atoms with van der Waals surface area (Å²) in [6.45, 7) is 0.644. The summed E-state index contributed by atoms with van der Waals surface area (Å²) in [5.41, 5.74) is 0. The minimum Gasteiger partial charge on any atom is -0.480 e. The summed E-state index contributed by atoms with van der Waals surface area (Å²) in [4.78, 5) is 22.3. The SMILES string of the molecule is COCCC(NC(=O)NCCCNS(C)(=O)=O)C(=O)O. The maximum absolute atomic E-state index is 11.4. The first-order valence-corrected chi connectivity index (χ1v) is 7.86. The lowest BCUT2D eigenvalue weighted by Crippen LogP contribution is -2.46. The Hall–Kier alpha value is -1.39. The fraction of sp³-hybridized carbons (Fsp3) is 0.800. The predicted octanol–water partition coefficient (Wildman–Crippen LogP) is -1.29. The zero-order chi connectivity index (χ0) is 15.6. The molecular formula is C10H21N3O6S. The summed E-state index contributed by atoms with van der Waals surface area (Å²) in [6, 6.07) is -1.64. The van der Waals surface area contributed by atoms with Crippen LogP contribution in [0, 0.1) is 0 Å². The minimum absolute atomic E-state index is 0.162. The van der Waals surface area contributed by atoms with Gasteiger partial charge in [0.2, 0.25) is 10.0 Å². The molecule has 0 fully saturated rings. The lowest BCUT2D eigenvalue weighted by molar-refractivity contribution is -0.139. The van der Waals surface area contributed by atoms with E-state index in [1.165, 1.54) is 7.11 Å². The largest absolute Gasteiger partial charge is 0.480 e. The molecule has 0 aliphatic heterocycles. The molecule has 0 bridgehead atoms. The number of hydrogen-bond acceptors (Lipinski definition) is 5. The van der Waals surface area contributed by atoms with Crippen LogP contribution in [0.1, 0.15) is 12.8 Å². The van der Waals surface area contributed by atoms with Crippen molar-refractivity contribution in [1.82, 2.24) is 15.4 Å². The van der Waals surface area contributed by atoms with E-state index in [2.05, 4.69) is 15.4 Å². The lowest BCUT2D eigenvalue weighted by atomic mass is 10.2. The van der Waals surface area contributed by atoms with E-state index in [-0.39, 0.29) is 26.1 Å². The number of ether oxygens (including phenoxy) is 1. The molecule has 4 N–H and O–H groups in total. The fourth-order valence-electron chi connectivity index (χ4n) is 1.25. The van der Waals surface area contributed by atoms with Crippen LogP contribution in [0.4, 0.5) is 4.79 Å². The van der Waals surface area contributed by atoms with Gasteiger partial charge < -0.3 is 20.5 Å². The zero-order valence-electron chi connectivity index (χ0n) is 11.5. The van der Waals surface area contributed by atoms with Crippen LogP contribution in [0.25, 0.3) is 0 Å². The van der Waals surface area contributed by atoms with Gasteiger partial charge in [-0.3, -0.25) is 0 Å². The van der Waals surface area contributed by atoms with Gasteiger partial charge in [0.15, 0.2) is 0 Å². The van der Waals surface area contributed by atoms with Crippen molar-refractivity contribution in [3.63, 3.8) is 0 Å². The second-order valence-electron chi connectivity index (χ2n) is 4.09. The molecule has 0 aromatic rings. The maximum Gasteiger partial charge on any atom is 0.326 e. The molecule has 0 radical (unpaired) electrons. The summed E-state index contributed by atoms with van der Waals surface area (Å²) in [6.07, 6.45) is 1.60.